The largest absolute Gasteiger partial charge is 0.362 e. The van der Waals surface area contributed by atoms with Crippen molar-refractivity contribution >= 4 is 6.41 Å². The fourth-order valence-corrected chi connectivity index (χ4v) is 0.977. The summed E-state index contributed by atoms with van der Waals surface area (Å²) >= 11 is 0. The highest BCUT2D eigenvalue weighted by molar-refractivity contribution is 5.44. The zero-order valence-corrected chi connectivity index (χ0v) is 10.3. The molecule has 0 fully saturated rings. The average Bonchev–Trinajstić information content (AvgIpc) is 2.17. The van der Waals surface area contributed by atoms with Gasteiger partial charge in [-0.2, -0.15) is 0 Å². The molecular formula is C11H26N2O. The topological polar surface area (TPSA) is 41.1 Å². The predicted octanol–water partition coefficient (Wildman–Crippen LogP) is 1.78. The van der Waals surface area contributed by atoms with Gasteiger partial charge in [0.15, 0.2) is 0 Å². The van der Waals surface area contributed by atoms with E-state index in [1.807, 2.05) is 7.05 Å². The lowest BCUT2D eigenvalue weighted by Gasteiger charge is -2.10. The van der Waals surface area contributed by atoms with E-state index in [2.05, 4.69) is 31.4 Å². The van der Waals surface area contributed by atoms with Crippen LogP contribution >= 0.6 is 0 Å². The third kappa shape index (κ3) is 17.5. The van der Waals surface area contributed by atoms with Crippen molar-refractivity contribution in [2.45, 2.75) is 46.1 Å². The summed E-state index contributed by atoms with van der Waals surface area (Å²) in [5, 5.41) is 5.49. The van der Waals surface area contributed by atoms with Crippen molar-refractivity contribution in [1.29, 1.82) is 0 Å². The molecule has 1 amide bonds. The number of hydrogen-bond acceptors (Lipinski definition) is 2. The lowest BCUT2D eigenvalue weighted by atomic mass is 10.0. The van der Waals surface area contributed by atoms with Gasteiger partial charge in [-0.05, 0) is 26.3 Å². The van der Waals surface area contributed by atoms with Crippen LogP contribution in [0.4, 0.5) is 0 Å². The second-order valence-corrected chi connectivity index (χ2v) is 3.92. The highest BCUT2D eigenvalue weighted by Gasteiger charge is 1.98. The monoisotopic (exact) mass is 202 g/mol. The zero-order chi connectivity index (χ0) is 11.4. The van der Waals surface area contributed by atoms with Crippen molar-refractivity contribution in [1.82, 2.24) is 10.6 Å². The maximum atomic E-state index is 9.06. The minimum absolute atomic E-state index is 0.625. The van der Waals surface area contributed by atoms with Crippen LogP contribution < -0.4 is 10.6 Å². The first kappa shape index (κ1) is 15.9. The summed E-state index contributed by atoms with van der Waals surface area (Å²) in [4.78, 5) is 9.06. The molecule has 0 heterocycles. The van der Waals surface area contributed by atoms with Gasteiger partial charge < -0.3 is 10.6 Å². The first-order chi connectivity index (χ1) is 6.58. The molecule has 3 nitrogen and oxygen atoms in total. The highest BCUT2D eigenvalue weighted by atomic mass is 16.1. The Kier molecular flexibility index (Phi) is 14.1. The summed E-state index contributed by atoms with van der Waals surface area (Å²) in [6.07, 6.45) is 4.67. The normalized spacial score (nSPS) is 11.6. The minimum atomic E-state index is 0.625. The molecule has 0 saturated carbocycles. The van der Waals surface area contributed by atoms with Crippen molar-refractivity contribution in [3.8, 4) is 0 Å². The predicted molar refractivity (Wildman–Crippen MR) is 62.3 cm³/mol. The SMILES string of the molecule is CNC(C)CCCC(C)C.CNC=O. The molecule has 0 aromatic heterocycles. The fourth-order valence-electron chi connectivity index (χ4n) is 0.977. The number of carbonyl (C=O) groups excluding carboxylic acids is 1. The number of rotatable bonds is 6. The molecule has 0 saturated heterocycles. The van der Waals surface area contributed by atoms with Gasteiger partial charge in [0, 0.05) is 13.1 Å². The molecule has 0 aliphatic heterocycles. The Labute approximate surface area is 88.7 Å². The van der Waals surface area contributed by atoms with E-state index in [1.54, 1.807) is 7.05 Å². The highest BCUT2D eigenvalue weighted by Crippen LogP contribution is 2.07. The third-order valence-corrected chi connectivity index (χ3v) is 2.03. The van der Waals surface area contributed by atoms with Crippen LogP contribution in [0.15, 0.2) is 0 Å². The molecule has 0 radical (unpaired) electrons. The summed E-state index contributed by atoms with van der Waals surface area (Å²) < 4.78 is 0. The van der Waals surface area contributed by atoms with Crippen molar-refractivity contribution in [2.75, 3.05) is 14.1 Å². The van der Waals surface area contributed by atoms with Crippen LogP contribution in [0.1, 0.15) is 40.0 Å². The van der Waals surface area contributed by atoms with Crippen LogP contribution in [0.2, 0.25) is 0 Å². The molecule has 14 heavy (non-hydrogen) atoms. The summed E-state index contributed by atoms with van der Waals surface area (Å²) in [7, 11) is 3.59. The molecule has 1 unspecified atom stereocenters. The number of nitrogens with one attached hydrogen (secondary N) is 2. The zero-order valence-electron chi connectivity index (χ0n) is 10.3. The number of amides is 1. The summed E-state index contributed by atoms with van der Waals surface area (Å²) in [5.74, 6) is 0.865. The number of hydrogen-bond donors (Lipinski definition) is 2. The van der Waals surface area contributed by atoms with Gasteiger partial charge in [-0.3, -0.25) is 4.79 Å². The number of carbonyl (C=O) groups is 1. The van der Waals surface area contributed by atoms with Gasteiger partial charge >= 0.3 is 0 Å². The summed E-state index contributed by atoms with van der Waals surface area (Å²) in [6, 6.07) is 0.693. The average molecular weight is 202 g/mol. The molecule has 0 bridgehead atoms. The lowest BCUT2D eigenvalue weighted by molar-refractivity contribution is -0.109. The van der Waals surface area contributed by atoms with E-state index >= 15 is 0 Å². The first-order valence-electron chi connectivity index (χ1n) is 5.36. The van der Waals surface area contributed by atoms with Gasteiger partial charge in [0.2, 0.25) is 6.41 Å². The van der Waals surface area contributed by atoms with Crippen molar-refractivity contribution < 1.29 is 4.79 Å². The molecule has 0 spiro atoms. The van der Waals surface area contributed by atoms with Gasteiger partial charge in [0.05, 0.1) is 0 Å². The van der Waals surface area contributed by atoms with Crippen molar-refractivity contribution in [2.24, 2.45) is 5.92 Å². The quantitative estimate of drug-likeness (QED) is 0.645. The van der Waals surface area contributed by atoms with E-state index in [9.17, 15) is 0 Å². The van der Waals surface area contributed by atoms with Crippen LogP contribution in [0.25, 0.3) is 0 Å². The minimum Gasteiger partial charge on any atom is -0.362 e. The van der Waals surface area contributed by atoms with Crippen LogP contribution in [-0.2, 0) is 4.79 Å². The standard InChI is InChI=1S/C9H21N.C2H5NO/c1-8(2)6-5-7-9(3)10-4;1-3-2-4/h8-10H,5-7H2,1-4H3;2H,1H3,(H,3,4). The molecule has 86 valence electrons. The van der Waals surface area contributed by atoms with E-state index in [1.165, 1.54) is 19.3 Å². The maximum absolute atomic E-state index is 9.06. The van der Waals surface area contributed by atoms with Crippen molar-refractivity contribution in [3.63, 3.8) is 0 Å². The van der Waals surface area contributed by atoms with E-state index < -0.39 is 0 Å². The third-order valence-electron chi connectivity index (χ3n) is 2.03. The van der Waals surface area contributed by atoms with E-state index in [4.69, 9.17) is 4.79 Å². The van der Waals surface area contributed by atoms with Gasteiger partial charge in [0.1, 0.15) is 0 Å². The molecule has 2 N–H and O–H groups in total. The van der Waals surface area contributed by atoms with E-state index in [0.29, 0.717) is 12.5 Å². The molecule has 1 atom stereocenters. The Bertz CT molecular complexity index is 116. The van der Waals surface area contributed by atoms with Gasteiger partial charge in [0.25, 0.3) is 0 Å². The maximum Gasteiger partial charge on any atom is 0.206 e. The molecule has 3 heteroatoms. The molecule has 0 aromatic carbocycles. The second kappa shape index (κ2) is 12.4. The molecule has 0 aliphatic rings. The Hall–Kier alpha value is -0.570. The van der Waals surface area contributed by atoms with E-state index in [-0.39, 0.29) is 0 Å². The fraction of sp³-hybridized carbons (Fsp3) is 0.909. The van der Waals surface area contributed by atoms with Gasteiger partial charge in [-0.25, -0.2) is 0 Å². The molecular weight excluding hydrogens is 176 g/mol. The Morgan fingerprint density at radius 2 is 1.64 bits per heavy atom. The van der Waals surface area contributed by atoms with Crippen molar-refractivity contribution in [3.05, 3.63) is 0 Å². The lowest BCUT2D eigenvalue weighted by Crippen LogP contribution is -2.20. The second-order valence-electron chi connectivity index (χ2n) is 3.92. The van der Waals surface area contributed by atoms with Gasteiger partial charge in [-0.15, -0.1) is 0 Å². The molecule has 0 rings (SSSR count). The van der Waals surface area contributed by atoms with Crippen LogP contribution in [0, 0.1) is 5.92 Å². The Balaban J connectivity index is 0. The molecule has 0 aromatic rings. The molecule has 0 aliphatic carbocycles. The van der Waals surface area contributed by atoms with Crippen LogP contribution in [0.3, 0.4) is 0 Å². The Morgan fingerprint density at radius 3 is 1.93 bits per heavy atom. The smallest absolute Gasteiger partial charge is 0.206 e. The first-order valence-corrected chi connectivity index (χ1v) is 5.36. The van der Waals surface area contributed by atoms with Gasteiger partial charge in [-0.1, -0.05) is 26.7 Å². The van der Waals surface area contributed by atoms with Crippen LogP contribution in [-0.4, -0.2) is 26.5 Å². The summed E-state index contributed by atoms with van der Waals surface area (Å²) in [5.41, 5.74) is 0. The Morgan fingerprint density at radius 1 is 1.14 bits per heavy atom. The van der Waals surface area contributed by atoms with E-state index in [0.717, 1.165) is 5.92 Å². The van der Waals surface area contributed by atoms with Crippen LogP contribution in [0.5, 0.6) is 0 Å². The summed E-state index contributed by atoms with van der Waals surface area (Å²) in [6.45, 7) is 6.80.